The Bertz CT molecular complexity index is 642. The van der Waals surface area contributed by atoms with Crippen LogP contribution in [-0.4, -0.2) is 31.6 Å². The molecule has 0 aliphatic carbocycles. The molecule has 5 heteroatoms. The van der Waals surface area contributed by atoms with Crippen molar-refractivity contribution in [3.63, 3.8) is 0 Å². The van der Waals surface area contributed by atoms with Crippen molar-refractivity contribution >= 4 is 19.4 Å². The molecule has 1 aromatic heterocycles. The molecule has 1 fully saturated rings. The van der Waals surface area contributed by atoms with Crippen LogP contribution < -0.4 is 9.64 Å². The predicted molar refractivity (Wildman–Crippen MR) is 89.4 cm³/mol. The summed E-state index contributed by atoms with van der Waals surface area (Å²) in [6.07, 6.45) is 5.08. The lowest BCUT2D eigenvalue weighted by molar-refractivity contribution is 0.111. The Morgan fingerprint density at radius 2 is 2.00 bits per heavy atom. The van der Waals surface area contributed by atoms with Gasteiger partial charge in [0.25, 0.3) is 0 Å². The molecule has 0 amide bonds. The number of hydrogen-bond acceptors (Lipinski definition) is 4. The van der Waals surface area contributed by atoms with Crippen LogP contribution in [0.25, 0.3) is 0 Å². The molecule has 0 bridgehead atoms. The van der Waals surface area contributed by atoms with Gasteiger partial charge in [-0.15, -0.1) is 0 Å². The van der Waals surface area contributed by atoms with Gasteiger partial charge in [-0.2, -0.15) is 0 Å². The number of carbonyl (C=O) groups is 1. The van der Waals surface area contributed by atoms with Gasteiger partial charge in [0.15, 0.2) is 6.29 Å². The van der Waals surface area contributed by atoms with Crippen molar-refractivity contribution in [3.8, 4) is 5.75 Å². The van der Waals surface area contributed by atoms with Crippen molar-refractivity contribution in [2.45, 2.75) is 19.2 Å². The van der Waals surface area contributed by atoms with Crippen molar-refractivity contribution in [1.82, 2.24) is 4.98 Å². The average Bonchev–Trinajstić information content (AvgIpc) is 2.61. The summed E-state index contributed by atoms with van der Waals surface area (Å²) < 4.78 is 5.85. The summed E-state index contributed by atoms with van der Waals surface area (Å²) in [5.74, 6) is 1.62. The number of hydrogen-bond donors (Lipinski definition) is 0. The molecule has 112 valence electrons. The Labute approximate surface area is 131 Å². The van der Waals surface area contributed by atoms with E-state index in [1.165, 1.54) is 19.9 Å². The van der Waals surface area contributed by atoms with Crippen molar-refractivity contribution in [2.24, 2.45) is 0 Å². The maximum Gasteiger partial charge on any atom is 0.153 e. The van der Waals surface area contributed by atoms with E-state index in [9.17, 15) is 4.79 Å². The first-order chi connectivity index (χ1) is 10.9. The van der Waals surface area contributed by atoms with E-state index in [0.717, 1.165) is 30.8 Å². The molecule has 1 aliphatic rings. The van der Waals surface area contributed by atoms with Crippen molar-refractivity contribution in [1.29, 1.82) is 0 Å². The lowest BCUT2D eigenvalue weighted by Gasteiger charge is -2.29. The molecule has 0 radical (unpaired) electrons. The Balaban J connectivity index is 1.76. The smallest absolute Gasteiger partial charge is 0.153 e. The lowest BCUT2D eigenvalue weighted by atomic mass is 9.68. The number of aldehydes is 1. The third kappa shape index (κ3) is 3.30. The van der Waals surface area contributed by atoms with E-state index >= 15 is 0 Å². The van der Waals surface area contributed by atoms with Crippen LogP contribution in [0.3, 0.4) is 0 Å². The Kier molecular flexibility index (Phi) is 4.73. The zero-order chi connectivity index (χ0) is 15.2. The second kappa shape index (κ2) is 7.12. The normalized spacial score (nSPS) is 14.3. The van der Waals surface area contributed by atoms with Crippen LogP contribution in [0.5, 0.6) is 5.75 Å². The van der Waals surface area contributed by atoms with Crippen molar-refractivity contribution < 1.29 is 9.53 Å². The van der Waals surface area contributed by atoms with E-state index in [2.05, 4.69) is 9.88 Å². The largest absolute Gasteiger partial charge is 0.488 e. The van der Waals surface area contributed by atoms with Crippen molar-refractivity contribution in [3.05, 3.63) is 53.7 Å². The predicted octanol–water partition coefficient (Wildman–Crippen LogP) is 2.57. The monoisotopic (exact) mass is 294 g/mol. The quantitative estimate of drug-likeness (QED) is 0.628. The lowest BCUT2D eigenvalue weighted by Crippen LogP contribution is -2.33. The molecule has 0 saturated carbocycles. The molecule has 0 unspecified atom stereocenters. The van der Waals surface area contributed by atoms with Gasteiger partial charge in [-0.1, -0.05) is 30.8 Å². The summed E-state index contributed by atoms with van der Waals surface area (Å²) in [5, 5.41) is 0. The van der Waals surface area contributed by atoms with Crippen LogP contribution in [0.2, 0.25) is 12.6 Å². The first kappa shape index (κ1) is 14.6. The van der Waals surface area contributed by atoms with Gasteiger partial charge in [0.2, 0.25) is 0 Å². The minimum atomic E-state index is 0.421. The van der Waals surface area contributed by atoms with Crippen LogP contribution in [0.15, 0.2) is 42.6 Å². The number of pyridine rings is 1. The van der Waals surface area contributed by atoms with Gasteiger partial charge < -0.3 is 9.64 Å². The zero-order valence-corrected chi connectivity index (χ0v) is 12.6. The summed E-state index contributed by atoms with van der Waals surface area (Å²) >= 11 is 0. The highest BCUT2D eigenvalue weighted by atomic mass is 16.5. The molecule has 1 aromatic carbocycles. The standard InChI is InChI=1S/C17H19BN2O2/c21-12-14-4-1-2-6-16(14)22-13-15-5-3-9-19-17(15)20-10-7-18-8-11-20/h1-6,9,12,18H,7-8,10-11,13H2. The first-order valence-electron chi connectivity index (χ1n) is 7.74. The van der Waals surface area contributed by atoms with Gasteiger partial charge in [-0.3, -0.25) is 4.79 Å². The summed E-state index contributed by atoms with van der Waals surface area (Å²) in [6, 6.07) is 11.3. The Morgan fingerprint density at radius 3 is 2.82 bits per heavy atom. The SMILES string of the molecule is O=Cc1ccccc1OCc1cccnc1N1CCBCC1. The maximum atomic E-state index is 11.1. The van der Waals surface area contributed by atoms with Gasteiger partial charge in [0.1, 0.15) is 25.5 Å². The minimum Gasteiger partial charge on any atom is -0.488 e. The third-order valence-corrected chi connectivity index (χ3v) is 3.95. The number of carbonyl (C=O) groups excluding carboxylic acids is 1. The average molecular weight is 294 g/mol. The van der Waals surface area contributed by atoms with Gasteiger partial charge >= 0.3 is 0 Å². The molecular weight excluding hydrogens is 275 g/mol. The highest BCUT2D eigenvalue weighted by Gasteiger charge is 2.16. The van der Waals surface area contributed by atoms with Crippen LogP contribution in [0, 0.1) is 0 Å². The van der Waals surface area contributed by atoms with Gasteiger partial charge in [-0.05, 0) is 18.2 Å². The van der Waals surface area contributed by atoms with Gasteiger partial charge in [-0.25, -0.2) is 4.98 Å². The molecular formula is C17H19BN2O2. The van der Waals surface area contributed by atoms with E-state index in [-0.39, 0.29) is 0 Å². The van der Waals surface area contributed by atoms with Crippen LogP contribution in [0.4, 0.5) is 5.82 Å². The topological polar surface area (TPSA) is 42.4 Å². The number of para-hydroxylation sites is 1. The molecule has 22 heavy (non-hydrogen) atoms. The number of aromatic nitrogens is 1. The molecule has 2 heterocycles. The summed E-state index contributed by atoms with van der Waals surface area (Å²) in [6.45, 7) is 2.52. The number of rotatable bonds is 5. The second-order valence-corrected chi connectivity index (χ2v) is 5.48. The first-order valence-corrected chi connectivity index (χ1v) is 7.74. The van der Waals surface area contributed by atoms with E-state index in [4.69, 9.17) is 4.74 Å². The van der Waals surface area contributed by atoms with Crippen LogP contribution >= 0.6 is 0 Å². The summed E-state index contributed by atoms with van der Waals surface area (Å²) in [4.78, 5) is 17.9. The molecule has 4 nitrogen and oxygen atoms in total. The molecule has 2 aromatic rings. The van der Waals surface area contributed by atoms with E-state index in [1.54, 1.807) is 6.07 Å². The summed E-state index contributed by atoms with van der Waals surface area (Å²) in [7, 11) is 1.29. The molecule has 0 N–H and O–H groups in total. The number of ether oxygens (including phenoxy) is 1. The third-order valence-electron chi connectivity index (χ3n) is 3.95. The van der Waals surface area contributed by atoms with Gasteiger partial charge in [0.05, 0.1) is 5.56 Å². The maximum absolute atomic E-state index is 11.1. The fourth-order valence-electron chi connectivity index (χ4n) is 2.80. The van der Waals surface area contributed by atoms with E-state index < -0.39 is 0 Å². The van der Waals surface area contributed by atoms with E-state index in [0.29, 0.717) is 17.9 Å². The fraction of sp³-hybridized carbons (Fsp3) is 0.294. The molecule has 1 saturated heterocycles. The van der Waals surface area contributed by atoms with Crippen LogP contribution in [-0.2, 0) is 6.61 Å². The molecule has 0 spiro atoms. The number of nitrogens with zero attached hydrogens (tertiary/aromatic N) is 2. The fourth-order valence-corrected chi connectivity index (χ4v) is 2.80. The highest BCUT2D eigenvalue weighted by Crippen LogP contribution is 2.23. The van der Waals surface area contributed by atoms with E-state index in [1.807, 2.05) is 36.5 Å². The number of anilines is 1. The van der Waals surface area contributed by atoms with Crippen molar-refractivity contribution in [2.75, 3.05) is 18.0 Å². The summed E-state index contributed by atoms with van der Waals surface area (Å²) in [5.41, 5.74) is 1.64. The Morgan fingerprint density at radius 1 is 1.18 bits per heavy atom. The highest BCUT2D eigenvalue weighted by molar-refractivity contribution is 6.36. The minimum absolute atomic E-state index is 0.421. The number of benzene rings is 1. The molecule has 3 rings (SSSR count). The van der Waals surface area contributed by atoms with Crippen LogP contribution in [0.1, 0.15) is 15.9 Å². The Hall–Kier alpha value is -2.30. The molecule has 1 aliphatic heterocycles. The second-order valence-electron chi connectivity index (χ2n) is 5.48. The molecule has 0 atom stereocenters. The van der Waals surface area contributed by atoms with Gasteiger partial charge in [0, 0.05) is 24.8 Å². The zero-order valence-electron chi connectivity index (χ0n) is 12.6.